The molecular formula is C22H18N2O4. The number of anilines is 2. The van der Waals surface area contributed by atoms with Crippen LogP contribution in [0.3, 0.4) is 0 Å². The number of amides is 3. The summed E-state index contributed by atoms with van der Waals surface area (Å²) < 4.78 is 0. The number of ketones is 1. The molecule has 3 aliphatic carbocycles. The molecule has 6 heteroatoms. The lowest BCUT2D eigenvalue weighted by Crippen LogP contribution is -2.44. The molecular weight excluding hydrogens is 356 g/mol. The van der Waals surface area contributed by atoms with Crippen molar-refractivity contribution in [2.75, 3.05) is 10.2 Å². The van der Waals surface area contributed by atoms with Gasteiger partial charge in [-0.25, -0.2) is 0 Å². The van der Waals surface area contributed by atoms with Gasteiger partial charge >= 0.3 is 0 Å². The zero-order valence-corrected chi connectivity index (χ0v) is 15.2. The standard InChI is InChI=1S/C22H18N2O4/c1-11(25)23-12-6-8-13(9-7-12)24-21(27)19-16-10-17(26)18(20(19)22(24)28)15-5-3-2-4-14(15)16/h2-9,16,18-20H,10H2,1H3,(H,23,25)/t16-,18+,19+,20+/m1/s1. The molecule has 2 aromatic carbocycles. The second kappa shape index (κ2) is 5.86. The maximum Gasteiger partial charge on any atom is 0.238 e. The fraction of sp³-hybridized carbons (Fsp3) is 0.273. The van der Waals surface area contributed by atoms with E-state index in [0.717, 1.165) is 11.1 Å². The molecule has 1 N–H and O–H groups in total. The van der Waals surface area contributed by atoms with E-state index in [4.69, 9.17) is 0 Å². The summed E-state index contributed by atoms with van der Waals surface area (Å²) in [5.41, 5.74) is 2.98. The molecule has 4 atom stereocenters. The lowest BCUT2D eigenvalue weighted by molar-refractivity contribution is -0.134. The molecule has 2 fully saturated rings. The molecule has 3 amide bonds. The highest BCUT2D eigenvalue weighted by Gasteiger charge is 2.62. The minimum Gasteiger partial charge on any atom is -0.326 e. The number of imide groups is 1. The Hall–Kier alpha value is -3.28. The van der Waals surface area contributed by atoms with E-state index in [-0.39, 0.29) is 29.4 Å². The van der Waals surface area contributed by atoms with E-state index in [1.165, 1.54) is 11.8 Å². The third-order valence-electron chi connectivity index (χ3n) is 6.13. The van der Waals surface area contributed by atoms with E-state index in [9.17, 15) is 19.2 Å². The van der Waals surface area contributed by atoms with Gasteiger partial charge in [0.05, 0.1) is 23.4 Å². The third kappa shape index (κ3) is 2.21. The summed E-state index contributed by atoms with van der Waals surface area (Å²) in [6.07, 6.45) is 0.317. The van der Waals surface area contributed by atoms with E-state index in [2.05, 4.69) is 5.32 Å². The number of hydrogen-bond donors (Lipinski definition) is 1. The number of hydrogen-bond acceptors (Lipinski definition) is 4. The number of nitrogens with zero attached hydrogens (tertiary/aromatic N) is 1. The highest BCUT2D eigenvalue weighted by molar-refractivity contribution is 6.24. The Morgan fingerprint density at radius 1 is 0.929 bits per heavy atom. The molecule has 6 nitrogen and oxygen atoms in total. The number of rotatable bonds is 2. The zero-order chi connectivity index (χ0) is 19.6. The smallest absolute Gasteiger partial charge is 0.238 e. The number of carbonyl (C=O) groups is 4. The summed E-state index contributed by atoms with van der Waals surface area (Å²) in [7, 11) is 0. The predicted octanol–water partition coefficient (Wildman–Crippen LogP) is 2.60. The molecule has 0 unspecified atom stereocenters. The molecule has 140 valence electrons. The van der Waals surface area contributed by atoms with Crippen molar-refractivity contribution in [2.24, 2.45) is 11.8 Å². The molecule has 0 radical (unpaired) electrons. The normalized spacial score (nSPS) is 27.6. The molecule has 28 heavy (non-hydrogen) atoms. The largest absolute Gasteiger partial charge is 0.326 e. The summed E-state index contributed by atoms with van der Waals surface area (Å²) in [6, 6.07) is 14.3. The second-order valence-electron chi connectivity index (χ2n) is 7.68. The first-order chi connectivity index (χ1) is 13.5. The zero-order valence-electron chi connectivity index (χ0n) is 15.2. The monoisotopic (exact) mass is 374 g/mol. The van der Waals surface area contributed by atoms with Crippen LogP contribution in [-0.2, 0) is 19.2 Å². The lowest BCUT2D eigenvalue weighted by Gasteiger charge is -2.43. The summed E-state index contributed by atoms with van der Waals surface area (Å²) in [5.74, 6) is -2.57. The Kier molecular flexibility index (Phi) is 3.53. The van der Waals surface area contributed by atoms with Crippen molar-refractivity contribution in [1.82, 2.24) is 0 Å². The van der Waals surface area contributed by atoms with Gasteiger partial charge in [0.25, 0.3) is 0 Å². The van der Waals surface area contributed by atoms with Crippen LogP contribution in [0.15, 0.2) is 48.5 Å². The Bertz CT molecular complexity index is 1040. The molecule has 1 aliphatic heterocycles. The van der Waals surface area contributed by atoms with Gasteiger partial charge in [-0.1, -0.05) is 24.3 Å². The number of benzene rings is 2. The highest BCUT2D eigenvalue weighted by Crippen LogP contribution is 2.57. The molecule has 2 bridgehead atoms. The van der Waals surface area contributed by atoms with Crippen molar-refractivity contribution in [3.63, 3.8) is 0 Å². The van der Waals surface area contributed by atoms with Crippen molar-refractivity contribution < 1.29 is 19.2 Å². The second-order valence-corrected chi connectivity index (χ2v) is 7.68. The number of carbonyl (C=O) groups excluding carboxylic acids is 4. The Morgan fingerprint density at radius 3 is 2.25 bits per heavy atom. The maximum atomic E-state index is 13.2. The maximum absolute atomic E-state index is 13.2. The van der Waals surface area contributed by atoms with Crippen LogP contribution >= 0.6 is 0 Å². The SMILES string of the molecule is CC(=O)Nc1ccc(N2C(=O)[C@@H]3[C@@H](C2=O)[C@@H]2C(=O)C[C@@H]3c3ccccc32)cc1. The van der Waals surface area contributed by atoms with Crippen molar-refractivity contribution in [3.05, 3.63) is 59.7 Å². The summed E-state index contributed by atoms with van der Waals surface area (Å²) in [5, 5.41) is 2.66. The van der Waals surface area contributed by atoms with Crippen LogP contribution in [0, 0.1) is 11.8 Å². The van der Waals surface area contributed by atoms with Crippen LogP contribution in [0.25, 0.3) is 0 Å². The third-order valence-corrected chi connectivity index (χ3v) is 6.13. The summed E-state index contributed by atoms with van der Waals surface area (Å²) in [6.45, 7) is 1.41. The molecule has 2 aromatic rings. The van der Waals surface area contributed by atoms with Gasteiger partial charge in [-0.05, 0) is 35.4 Å². The molecule has 1 saturated carbocycles. The van der Waals surface area contributed by atoms with Crippen molar-refractivity contribution in [2.45, 2.75) is 25.2 Å². The van der Waals surface area contributed by atoms with Crippen molar-refractivity contribution in [3.8, 4) is 0 Å². The Labute approximate surface area is 161 Å². The first kappa shape index (κ1) is 16.9. The lowest BCUT2D eigenvalue weighted by atomic mass is 9.56. The van der Waals surface area contributed by atoms with Crippen LogP contribution in [0.1, 0.15) is 36.3 Å². The number of nitrogens with one attached hydrogen (secondary N) is 1. The van der Waals surface area contributed by atoms with Gasteiger partial charge in [-0.2, -0.15) is 0 Å². The van der Waals surface area contributed by atoms with Crippen LogP contribution in [0.2, 0.25) is 0 Å². The average molecular weight is 374 g/mol. The quantitative estimate of drug-likeness (QED) is 0.819. The van der Waals surface area contributed by atoms with Gasteiger partial charge in [-0.15, -0.1) is 0 Å². The van der Waals surface area contributed by atoms with Crippen LogP contribution in [0.5, 0.6) is 0 Å². The predicted molar refractivity (Wildman–Crippen MR) is 102 cm³/mol. The average Bonchev–Trinajstić information content (AvgIpc) is 2.94. The van der Waals surface area contributed by atoms with Gasteiger partial charge in [0.2, 0.25) is 17.7 Å². The minimum atomic E-state index is -0.622. The molecule has 4 aliphatic rings. The fourth-order valence-corrected chi connectivity index (χ4v) is 5.11. The first-order valence-corrected chi connectivity index (χ1v) is 9.34. The number of Topliss-reactive ketones (excluding diaryl/α,β-unsaturated/α-hetero) is 1. The molecule has 0 spiro atoms. The topological polar surface area (TPSA) is 83.6 Å². The van der Waals surface area contributed by atoms with Crippen molar-refractivity contribution >= 4 is 34.9 Å². The molecule has 6 rings (SSSR count). The van der Waals surface area contributed by atoms with Gasteiger partial charge < -0.3 is 5.32 Å². The van der Waals surface area contributed by atoms with E-state index in [1.807, 2.05) is 24.3 Å². The highest BCUT2D eigenvalue weighted by atomic mass is 16.2. The van der Waals surface area contributed by atoms with Gasteiger partial charge in [0.15, 0.2) is 0 Å². The summed E-state index contributed by atoms with van der Waals surface area (Å²) >= 11 is 0. The van der Waals surface area contributed by atoms with Gasteiger partial charge in [-0.3, -0.25) is 24.1 Å². The van der Waals surface area contributed by atoms with Crippen LogP contribution in [0.4, 0.5) is 11.4 Å². The minimum absolute atomic E-state index is 0.0500. The fourth-order valence-electron chi connectivity index (χ4n) is 5.11. The number of fused-ring (bicyclic) bond motifs is 1. The molecule has 1 saturated heterocycles. The van der Waals surface area contributed by atoms with E-state index in [1.54, 1.807) is 24.3 Å². The Balaban J connectivity index is 1.54. The molecule has 1 heterocycles. The van der Waals surface area contributed by atoms with E-state index in [0.29, 0.717) is 17.8 Å². The van der Waals surface area contributed by atoms with E-state index < -0.39 is 17.8 Å². The first-order valence-electron chi connectivity index (χ1n) is 9.34. The van der Waals surface area contributed by atoms with Crippen LogP contribution < -0.4 is 10.2 Å². The van der Waals surface area contributed by atoms with Gasteiger partial charge in [0.1, 0.15) is 5.78 Å². The van der Waals surface area contributed by atoms with Gasteiger partial charge in [0, 0.05) is 24.9 Å². The van der Waals surface area contributed by atoms with E-state index >= 15 is 0 Å². The summed E-state index contributed by atoms with van der Waals surface area (Å²) in [4.78, 5) is 51.6. The van der Waals surface area contributed by atoms with Crippen molar-refractivity contribution in [1.29, 1.82) is 0 Å². The Morgan fingerprint density at radius 2 is 1.57 bits per heavy atom. The molecule has 0 aromatic heterocycles. The van der Waals surface area contributed by atoms with Crippen LogP contribution in [-0.4, -0.2) is 23.5 Å².